The monoisotopic (exact) mass is 462 g/mol. The maximum Gasteiger partial charge on any atom is 0.253 e. The van der Waals surface area contributed by atoms with E-state index < -0.39 is 0 Å². The summed E-state index contributed by atoms with van der Waals surface area (Å²) in [5.41, 5.74) is 3.06. The molecule has 1 unspecified atom stereocenters. The molecule has 7 nitrogen and oxygen atoms in total. The first kappa shape index (κ1) is 22.6. The van der Waals surface area contributed by atoms with Gasteiger partial charge in [0.1, 0.15) is 5.82 Å². The summed E-state index contributed by atoms with van der Waals surface area (Å²) >= 11 is 0. The first-order chi connectivity index (χ1) is 16.7. The van der Waals surface area contributed by atoms with Gasteiger partial charge in [-0.15, -0.1) is 0 Å². The molecule has 2 aromatic carbocycles. The minimum absolute atomic E-state index is 0.117. The Balaban J connectivity index is 1.37. The van der Waals surface area contributed by atoms with Crippen molar-refractivity contribution in [3.8, 4) is 11.1 Å². The molecule has 2 aliphatic rings. The molecule has 2 saturated heterocycles. The van der Waals surface area contributed by atoms with Gasteiger partial charge in [0.25, 0.3) is 5.88 Å². The standard InChI is InChI=1S/C26H31FN6O/c1-19(21-7-8-22(23(27)17-21)20-5-3-2-4-6-20)24-18-25(34-31-24)30-26(32-13-9-28-10-14-32)33-15-11-29-12-16-33/h2-8,17-19,28-29H,9-16H2,1H3. The van der Waals surface area contributed by atoms with Gasteiger partial charge in [0.2, 0.25) is 5.96 Å². The summed E-state index contributed by atoms with van der Waals surface area (Å²) in [7, 11) is 0. The number of nitrogens with zero attached hydrogens (tertiary/aromatic N) is 4. The zero-order valence-corrected chi connectivity index (χ0v) is 19.5. The predicted octanol–water partition coefficient (Wildman–Crippen LogP) is 3.43. The van der Waals surface area contributed by atoms with Crippen molar-refractivity contribution in [1.82, 2.24) is 25.6 Å². The minimum atomic E-state index is -0.239. The maximum absolute atomic E-state index is 14.9. The zero-order valence-electron chi connectivity index (χ0n) is 19.5. The summed E-state index contributed by atoms with van der Waals surface area (Å²) in [6, 6.07) is 16.8. The van der Waals surface area contributed by atoms with E-state index in [1.807, 2.05) is 55.5 Å². The molecule has 2 fully saturated rings. The van der Waals surface area contributed by atoms with Crippen molar-refractivity contribution in [3.63, 3.8) is 0 Å². The molecule has 1 atom stereocenters. The molecular formula is C26H31FN6O. The van der Waals surface area contributed by atoms with Gasteiger partial charge in [-0.2, -0.15) is 4.99 Å². The summed E-state index contributed by atoms with van der Waals surface area (Å²) in [6.07, 6.45) is 0. The average Bonchev–Trinajstić information content (AvgIpc) is 3.37. The fourth-order valence-corrected chi connectivity index (χ4v) is 4.53. The van der Waals surface area contributed by atoms with Crippen LogP contribution in [0.2, 0.25) is 0 Å². The van der Waals surface area contributed by atoms with Gasteiger partial charge in [-0.3, -0.25) is 0 Å². The lowest BCUT2D eigenvalue weighted by Gasteiger charge is -2.38. The van der Waals surface area contributed by atoms with Gasteiger partial charge in [-0.1, -0.05) is 54.5 Å². The molecule has 2 N–H and O–H groups in total. The van der Waals surface area contributed by atoms with E-state index in [0.29, 0.717) is 11.4 Å². The summed E-state index contributed by atoms with van der Waals surface area (Å²) in [6.45, 7) is 9.40. The van der Waals surface area contributed by atoms with Crippen LogP contribution in [-0.2, 0) is 0 Å². The van der Waals surface area contributed by atoms with Crippen molar-refractivity contribution >= 4 is 11.8 Å². The van der Waals surface area contributed by atoms with E-state index in [0.717, 1.165) is 75.1 Å². The Bertz CT molecular complexity index is 1100. The molecule has 0 bridgehead atoms. The van der Waals surface area contributed by atoms with Gasteiger partial charge in [0.05, 0.1) is 5.69 Å². The molecule has 34 heavy (non-hydrogen) atoms. The molecule has 0 amide bonds. The Morgan fingerprint density at radius 3 is 2.21 bits per heavy atom. The van der Waals surface area contributed by atoms with Crippen molar-refractivity contribution in [2.24, 2.45) is 4.99 Å². The van der Waals surface area contributed by atoms with Gasteiger partial charge in [0, 0.05) is 69.9 Å². The molecule has 3 heterocycles. The number of aromatic nitrogens is 1. The quantitative estimate of drug-likeness (QED) is 0.457. The number of halogens is 1. The molecule has 2 aliphatic heterocycles. The van der Waals surface area contributed by atoms with E-state index in [4.69, 9.17) is 9.52 Å². The third kappa shape index (κ3) is 4.98. The number of nitrogens with one attached hydrogen (secondary N) is 2. The summed E-state index contributed by atoms with van der Waals surface area (Å²) in [4.78, 5) is 9.50. The highest BCUT2D eigenvalue weighted by Gasteiger charge is 2.24. The fourth-order valence-electron chi connectivity index (χ4n) is 4.53. The summed E-state index contributed by atoms with van der Waals surface area (Å²) in [5.74, 6) is 1.07. The van der Waals surface area contributed by atoms with Gasteiger partial charge in [-0.05, 0) is 17.2 Å². The Labute approximate surface area is 199 Å². The molecule has 5 rings (SSSR count). The molecule has 0 radical (unpaired) electrons. The van der Waals surface area contributed by atoms with Crippen LogP contribution in [0.5, 0.6) is 0 Å². The average molecular weight is 463 g/mol. The molecule has 0 spiro atoms. The van der Waals surface area contributed by atoms with Crippen LogP contribution < -0.4 is 10.6 Å². The number of benzene rings is 2. The van der Waals surface area contributed by atoms with Gasteiger partial charge >= 0.3 is 0 Å². The highest BCUT2D eigenvalue weighted by atomic mass is 19.1. The number of hydrogen-bond acceptors (Lipinski definition) is 5. The van der Waals surface area contributed by atoms with E-state index in [9.17, 15) is 4.39 Å². The molecule has 8 heteroatoms. The lowest BCUT2D eigenvalue weighted by atomic mass is 9.95. The topological polar surface area (TPSA) is 68.9 Å². The molecular weight excluding hydrogens is 431 g/mol. The zero-order chi connectivity index (χ0) is 23.3. The van der Waals surface area contributed by atoms with E-state index in [-0.39, 0.29) is 11.7 Å². The van der Waals surface area contributed by atoms with E-state index in [1.54, 1.807) is 6.07 Å². The van der Waals surface area contributed by atoms with Crippen molar-refractivity contribution in [1.29, 1.82) is 0 Å². The second-order valence-electron chi connectivity index (χ2n) is 8.80. The van der Waals surface area contributed by atoms with Crippen molar-refractivity contribution in [2.45, 2.75) is 12.8 Å². The third-order valence-electron chi connectivity index (χ3n) is 6.55. The first-order valence-electron chi connectivity index (χ1n) is 12.0. The van der Waals surface area contributed by atoms with E-state index in [2.05, 4.69) is 25.6 Å². The lowest BCUT2D eigenvalue weighted by Crippen LogP contribution is -2.56. The van der Waals surface area contributed by atoms with Crippen LogP contribution >= 0.6 is 0 Å². The SMILES string of the molecule is CC(c1ccc(-c2ccccc2)c(F)c1)c1cc(N=C(N2CCNCC2)N2CCNCC2)on1. The molecule has 3 aromatic rings. The van der Waals surface area contributed by atoms with E-state index in [1.165, 1.54) is 0 Å². The molecule has 1 aromatic heterocycles. The van der Waals surface area contributed by atoms with Crippen LogP contribution in [0.15, 0.2) is 64.1 Å². The van der Waals surface area contributed by atoms with Gasteiger partial charge < -0.3 is 25.0 Å². The number of rotatable bonds is 4. The third-order valence-corrected chi connectivity index (χ3v) is 6.55. The second-order valence-corrected chi connectivity index (χ2v) is 8.80. The van der Waals surface area contributed by atoms with Crippen LogP contribution in [0.1, 0.15) is 24.1 Å². The number of guanidine groups is 1. The van der Waals surface area contributed by atoms with Crippen LogP contribution in [0, 0.1) is 5.82 Å². The van der Waals surface area contributed by atoms with Crippen LogP contribution in [0.4, 0.5) is 10.3 Å². The summed E-state index contributed by atoms with van der Waals surface area (Å²) < 4.78 is 20.5. The Hall–Kier alpha value is -3.23. The minimum Gasteiger partial charge on any atom is -0.340 e. The maximum atomic E-state index is 14.9. The molecule has 178 valence electrons. The van der Waals surface area contributed by atoms with Crippen LogP contribution in [-0.4, -0.2) is 73.3 Å². The number of aliphatic imine (C=N–C) groups is 1. The van der Waals surface area contributed by atoms with Crippen molar-refractivity contribution in [3.05, 3.63) is 71.7 Å². The highest BCUT2D eigenvalue weighted by Crippen LogP contribution is 2.30. The normalized spacial score (nSPS) is 17.5. The summed E-state index contributed by atoms with van der Waals surface area (Å²) in [5, 5.41) is 11.1. The Kier molecular flexibility index (Phi) is 6.87. The van der Waals surface area contributed by atoms with Gasteiger partial charge in [0.15, 0.2) is 0 Å². The first-order valence-corrected chi connectivity index (χ1v) is 12.0. The predicted molar refractivity (Wildman–Crippen MR) is 132 cm³/mol. The number of hydrogen-bond donors (Lipinski definition) is 2. The Morgan fingerprint density at radius 1 is 0.941 bits per heavy atom. The van der Waals surface area contributed by atoms with Crippen molar-refractivity contribution in [2.75, 3.05) is 52.4 Å². The largest absolute Gasteiger partial charge is 0.340 e. The lowest BCUT2D eigenvalue weighted by molar-refractivity contribution is 0.270. The molecule has 0 saturated carbocycles. The van der Waals surface area contributed by atoms with Gasteiger partial charge in [-0.25, -0.2) is 4.39 Å². The second kappa shape index (κ2) is 10.4. The van der Waals surface area contributed by atoms with E-state index >= 15 is 0 Å². The highest BCUT2D eigenvalue weighted by molar-refractivity contribution is 5.82. The van der Waals surface area contributed by atoms with Crippen LogP contribution in [0.3, 0.4) is 0 Å². The smallest absolute Gasteiger partial charge is 0.253 e. The van der Waals surface area contributed by atoms with Crippen molar-refractivity contribution < 1.29 is 8.91 Å². The molecule has 0 aliphatic carbocycles. The Morgan fingerprint density at radius 2 is 1.59 bits per heavy atom. The fraction of sp³-hybridized carbons (Fsp3) is 0.385. The van der Waals surface area contributed by atoms with Crippen LogP contribution in [0.25, 0.3) is 11.1 Å². The number of piperazine rings is 2.